The third-order valence-corrected chi connectivity index (χ3v) is 2.65. The molecule has 9 heavy (non-hydrogen) atoms. The van der Waals surface area contributed by atoms with Crippen molar-refractivity contribution in [3.8, 4) is 0 Å². The zero-order chi connectivity index (χ0) is 6.73. The SMILES string of the molecule is CC(C(=O)[O-])[S+](C)C.Cl. The molecule has 0 heterocycles. The molecule has 1 unspecified atom stereocenters. The molecular formula is C5H11ClO2S. The average molecular weight is 171 g/mol. The summed E-state index contributed by atoms with van der Waals surface area (Å²) in [6, 6.07) is 0. The maximum Gasteiger partial charge on any atom is 0.154 e. The molecule has 0 saturated heterocycles. The molecule has 0 aromatic rings. The Morgan fingerprint density at radius 3 is 1.89 bits per heavy atom. The maximum absolute atomic E-state index is 10.0. The van der Waals surface area contributed by atoms with Gasteiger partial charge in [-0.25, -0.2) is 0 Å². The van der Waals surface area contributed by atoms with Gasteiger partial charge in [0.2, 0.25) is 0 Å². The van der Waals surface area contributed by atoms with Gasteiger partial charge in [-0.15, -0.1) is 12.4 Å². The second-order valence-electron chi connectivity index (χ2n) is 1.84. The van der Waals surface area contributed by atoms with Crippen molar-refractivity contribution < 1.29 is 9.90 Å². The molecule has 0 radical (unpaired) electrons. The van der Waals surface area contributed by atoms with E-state index in [-0.39, 0.29) is 28.6 Å². The predicted molar refractivity (Wildman–Crippen MR) is 40.9 cm³/mol. The maximum atomic E-state index is 10.0. The Hall–Kier alpha value is 0.110. The van der Waals surface area contributed by atoms with Gasteiger partial charge in [0.05, 0.1) is 18.5 Å². The van der Waals surface area contributed by atoms with Crippen LogP contribution in [0.3, 0.4) is 0 Å². The van der Waals surface area contributed by atoms with Crippen LogP contribution >= 0.6 is 12.4 Å². The summed E-state index contributed by atoms with van der Waals surface area (Å²) in [5.41, 5.74) is 0. The lowest BCUT2D eigenvalue weighted by Crippen LogP contribution is -2.38. The van der Waals surface area contributed by atoms with Gasteiger partial charge in [-0.1, -0.05) is 0 Å². The van der Waals surface area contributed by atoms with E-state index < -0.39 is 5.97 Å². The molecule has 0 bridgehead atoms. The summed E-state index contributed by atoms with van der Waals surface area (Å²) < 4.78 is 0. The van der Waals surface area contributed by atoms with Crippen LogP contribution in [-0.4, -0.2) is 23.7 Å². The molecule has 0 rings (SSSR count). The van der Waals surface area contributed by atoms with Crippen molar-refractivity contribution in [3.05, 3.63) is 0 Å². The normalized spacial score (nSPS) is 12.4. The summed E-state index contributed by atoms with van der Waals surface area (Å²) in [4.78, 5) is 10.0. The van der Waals surface area contributed by atoms with Gasteiger partial charge in [0, 0.05) is 0 Å². The Morgan fingerprint density at radius 1 is 1.56 bits per heavy atom. The summed E-state index contributed by atoms with van der Waals surface area (Å²) in [7, 11) is -0.0525. The van der Waals surface area contributed by atoms with Crippen molar-refractivity contribution in [1.82, 2.24) is 0 Å². The molecule has 2 nitrogen and oxygen atoms in total. The fourth-order valence-electron chi connectivity index (χ4n) is 0.192. The Morgan fingerprint density at radius 2 is 1.89 bits per heavy atom. The molecular weight excluding hydrogens is 160 g/mol. The van der Waals surface area contributed by atoms with Crippen LogP contribution in [0.4, 0.5) is 0 Å². The molecule has 4 heteroatoms. The van der Waals surface area contributed by atoms with Gasteiger partial charge < -0.3 is 9.90 Å². The highest BCUT2D eigenvalue weighted by atomic mass is 35.5. The van der Waals surface area contributed by atoms with Gasteiger partial charge in [-0.05, 0) is 17.8 Å². The van der Waals surface area contributed by atoms with Gasteiger partial charge in [-0.2, -0.15) is 0 Å². The molecule has 0 amide bonds. The fourth-order valence-corrected chi connectivity index (χ4v) is 0.577. The largest absolute Gasteiger partial charge is 0.545 e. The van der Waals surface area contributed by atoms with Crippen molar-refractivity contribution in [2.24, 2.45) is 0 Å². The van der Waals surface area contributed by atoms with Crippen molar-refractivity contribution >= 4 is 29.3 Å². The first-order valence-corrected chi connectivity index (χ1v) is 4.43. The molecule has 0 aliphatic carbocycles. The van der Waals surface area contributed by atoms with Gasteiger partial charge in [0.25, 0.3) is 0 Å². The van der Waals surface area contributed by atoms with E-state index in [1.807, 2.05) is 12.5 Å². The van der Waals surface area contributed by atoms with Gasteiger partial charge in [0.15, 0.2) is 5.25 Å². The number of carboxylic acids is 1. The number of carboxylic acid groups (broad SMARTS) is 1. The number of rotatable bonds is 2. The van der Waals surface area contributed by atoms with Crippen LogP contribution in [0, 0.1) is 0 Å². The van der Waals surface area contributed by atoms with Crippen LogP contribution in [0.1, 0.15) is 6.92 Å². The lowest BCUT2D eigenvalue weighted by molar-refractivity contribution is -0.304. The molecule has 56 valence electrons. The van der Waals surface area contributed by atoms with Crippen molar-refractivity contribution in [2.45, 2.75) is 12.2 Å². The number of carbonyl (C=O) groups excluding carboxylic acids is 1. The summed E-state index contributed by atoms with van der Waals surface area (Å²) in [6.45, 7) is 1.67. The Kier molecular flexibility index (Phi) is 6.51. The first kappa shape index (κ1) is 11.9. The van der Waals surface area contributed by atoms with Crippen molar-refractivity contribution in [2.75, 3.05) is 12.5 Å². The molecule has 0 aromatic carbocycles. The first-order chi connectivity index (χ1) is 3.55. The van der Waals surface area contributed by atoms with E-state index in [1.165, 1.54) is 0 Å². The van der Waals surface area contributed by atoms with E-state index in [1.54, 1.807) is 6.92 Å². The van der Waals surface area contributed by atoms with Gasteiger partial charge in [0.1, 0.15) is 0 Å². The topological polar surface area (TPSA) is 40.1 Å². The molecule has 1 atom stereocenters. The fraction of sp³-hybridized carbons (Fsp3) is 0.800. The molecule has 0 spiro atoms. The van der Waals surface area contributed by atoms with E-state index in [9.17, 15) is 9.90 Å². The average Bonchev–Trinajstić information content (AvgIpc) is 1.64. The number of halogens is 1. The van der Waals surface area contributed by atoms with Crippen LogP contribution in [0.5, 0.6) is 0 Å². The highest BCUT2D eigenvalue weighted by Gasteiger charge is 2.14. The molecule has 0 N–H and O–H groups in total. The Balaban J connectivity index is 0. The zero-order valence-corrected chi connectivity index (χ0v) is 7.34. The first-order valence-electron chi connectivity index (χ1n) is 2.33. The standard InChI is InChI=1S/C5H10O2S.ClH/c1-4(5(6)7)8(2)3;/h4H,1-3H3;1H. The van der Waals surface area contributed by atoms with E-state index in [0.717, 1.165) is 0 Å². The van der Waals surface area contributed by atoms with Gasteiger partial charge >= 0.3 is 0 Å². The van der Waals surface area contributed by atoms with Crippen LogP contribution in [0.15, 0.2) is 0 Å². The zero-order valence-electron chi connectivity index (χ0n) is 5.71. The van der Waals surface area contributed by atoms with Crippen LogP contribution in [0.2, 0.25) is 0 Å². The number of aliphatic carboxylic acids is 1. The minimum atomic E-state index is -0.946. The minimum Gasteiger partial charge on any atom is -0.545 e. The van der Waals surface area contributed by atoms with E-state index >= 15 is 0 Å². The van der Waals surface area contributed by atoms with Crippen molar-refractivity contribution in [3.63, 3.8) is 0 Å². The lowest BCUT2D eigenvalue weighted by Gasteiger charge is -2.07. The molecule has 0 saturated carbocycles. The Bertz CT molecular complexity index is 95.0. The van der Waals surface area contributed by atoms with Crippen LogP contribution < -0.4 is 5.11 Å². The molecule has 0 aliphatic heterocycles. The smallest absolute Gasteiger partial charge is 0.154 e. The van der Waals surface area contributed by atoms with Crippen molar-refractivity contribution in [1.29, 1.82) is 0 Å². The van der Waals surface area contributed by atoms with E-state index in [2.05, 4.69) is 0 Å². The van der Waals surface area contributed by atoms with Crippen LogP contribution in [0.25, 0.3) is 0 Å². The highest BCUT2D eigenvalue weighted by Crippen LogP contribution is 1.94. The van der Waals surface area contributed by atoms with Crippen LogP contribution in [-0.2, 0) is 15.7 Å². The third kappa shape index (κ3) is 4.60. The lowest BCUT2D eigenvalue weighted by atomic mass is 10.5. The minimum absolute atomic E-state index is 0. The summed E-state index contributed by atoms with van der Waals surface area (Å²) in [5, 5.41) is 9.74. The number of carbonyl (C=O) groups is 1. The number of hydrogen-bond acceptors (Lipinski definition) is 2. The van der Waals surface area contributed by atoms with Gasteiger partial charge in [-0.3, -0.25) is 0 Å². The number of hydrogen-bond donors (Lipinski definition) is 0. The molecule has 0 aromatic heterocycles. The highest BCUT2D eigenvalue weighted by molar-refractivity contribution is 7.96. The molecule has 0 aliphatic rings. The van der Waals surface area contributed by atoms with E-state index in [0.29, 0.717) is 0 Å². The second kappa shape index (κ2) is 4.94. The summed E-state index contributed by atoms with van der Waals surface area (Å²) in [6.07, 6.45) is 3.78. The summed E-state index contributed by atoms with van der Waals surface area (Å²) in [5.74, 6) is -0.946. The quantitative estimate of drug-likeness (QED) is 0.521. The third-order valence-electron chi connectivity index (χ3n) is 1.04. The Labute approximate surface area is 64.4 Å². The second-order valence-corrected chi connectivity index (χ2v) is 4.31. The van der Waals surface area contributed by atoms with E-state index in [4.69, 9.17) is 0 Å². The molecule has 0 fully saturated rings. The summed E-state index contributed by atoms with van der Waals surface area (Å²) >= 11 is 0. The predicted octanol–water partition coefficient (Wildman–Crippen LogP) is -0.576. The monoisotopic (exact) mass is 170 g/mol.